The van der Waals surface area contributed by atoms with Crippen LogP contribution in [0.3, 0.4) is 0 Å². The molecule has 4 nitrogen and oxygen atoms in total. The first kappa shape index (κ1) is 18.5. The second-order valence-electron chi connectivity index (χ2n) is 6.40. The molecule has 1 amide bonds. The van der Waals surface area contributed by atoms with Crippen LogP contribution in [-0.4, -0.2) is 10.9 Å². The van der Waals surface area contributed by atoms with Gasteiger partial charge in [-0.3, -0.25) is 10.1 Å². The molecule has 1 N–H and O–H groups in total. The van der Waals surface area contributed by atoms with Gasteiger partial charge in [-0.1, -0.05) is 41.9 Å². The van der Waals surface area contributed by atoms with E-state index in [9.17, 15) is 4.79 Å². The lowest BCUT2D eigenvalue weighted by Crippen LogP contribution is -2.12. The first-order valence-electron chi connectivity index (χ1n) is 8.73. The average molecular weight is 409 g/mol. The van der Waals surface area contributed by atoms with Gasteiger partial charge in [-0.05, 0) is 42.3 Å². The zero-order valence-electron chi connectivity index (χ0n) is 15.1. The average Bonchev–Trinajstić information content (AvgIpc) is 2.99. The van der Waals surface area contributed by atoms with Gasteiger partial charge in [0.2, 0.25) is 0 Å². The zero-order valence-corrected chi connectivity index (χ0v) is 16.7. The molecule has 0 atom stereocenters. The van der Waals surface area contributed by atoms with Gasteiger partial charge in [0.15, 0.2) is 5.13 Å². The molecule has 0 spiro atoms. The van der Waals surface area contributed by atoms with Gasteiger partial charge < -0.3 is 4.74 Å². The molecule has 0 radical (unpaired) electrons. The molecule has 28 heavy (non-hydrogen) atoms. The Kier molecular flexibility index (Phi) is 5.28. The summed E-state index contributed by atoms with van der Waals surface area (Å²) in [5.74, 6) is 0.491. The molecule has 1 aliphatic heterocycles. The molecular formula is C22H17ClN2O2S. The van der Waals surface area contributed by atoms with E-state index in [1.165, 1.54) is 17.6 Å². The minimum absolute atomic E-state index is 0.226. The maximum atomic E-state index is 12.6. The minimum Gasteiger partial charge on any atom is -0.464 e. The van der Waals surface area contributed by atoms with Gasteiger partial charge in [-0.15, -0.1) is 11.3 Å². The lowest BCUT2D eigenvalue weighted by atomic mass is 10.1. The number of nitrogens with zero attached hydrogens (tertiary/aromatic N) is 1. The van der Waals surface area contributed by atoms with Crippen LogP contribution in [0.5, 0.6) is 5.75 Å². The van der Waals surface area contributed by atoms with Gasteiger partial charge >= 0.3 is 0 Å². The smallest absolute Gasteiger partial charge is 0.257 e. The first-order valence-corrected chi connectivity index (χ1v) is 9.93. The Morgan fingerprint density at radius 2 is 2.11 bits per heavy atom. The van der Waals surface area contributed by atoms with Crippen molar-refractivity contribution >= 4 is 40.1 Å². The largest absolute Gasteiger partial charge is 0.464 e. The number of benzene rings is 2. The van der Waals surface area contributed by atoms with Crippen LogP contribution in [0.4, 0.5) is 5.13 Å². The van der Waals surface area contributed by atoms with Crippen LogP contribution in [-0.2, 0) is 11.2 Å². The van der Waals surface area contributed by atoms with Crippen molar-refractivity contribution in [1.29, 1.82) is 0 Å². The first-order chi connectivity index (χ1) is 13.6. The molecule has 3 aromatic rings. The van der Waals surface area contributed by atoms with Crippen molar-refractivity contribution in [2.45, 2.75) is 13.3 Å². The third kappa shape index (κ3) is 4.16. The number of carbonyl (C=O) groups is 1. The third-order valence-corrected chi connectivity index (χ3v) is 5.64. The van der Waals surface area contributed by atoms with E-state index in [0.29, 0.717) is 10.7 Å². The number of anilines is 1. The number of carbonyl (C=O) groups excluding carboxylic acids is 1. The lowest BCUT2D eigenvalue weighted by Gasteiger charge is -2.03. The highest BCUT2D eigenvalue weighted by Crippen LogP contribution is 2.27. The second kappa shape index (κ2) is 8.00. The molecule has 2 aromatic carbocycles. The maximum Gasteiger partial charge on any atom is 0.257 e. The Labute approximate surface area is 172 Å². The standard InChI is InChI=1S/C22H17ClN2O2S/c1-14-6-7-15(11-19(14)23)10-18-13-24-22(28-18)25-21(26)17-8-9-27-20-5-3-2-4-16(20)12-17/h2-9,11-13H,10H2,1H3,(H,24,25,26). The van der Waals surface area contributed by atoms with Crippen molar-refractivity contribution < 1.29 is 9.53 Å². The monoisotopic (exact) mass is 408 g/mol. The van der Waals surface area contributed by atoms with E-state index in [1.54, 1.807) is 18.3 Å². The molecular weight excluding hydrogens is 392 g/mol. The molecule has 4 rings (SSSR count). The van der Waals surface area contributed by atoms with Gasteiger partial charge in [0.1, 0.15) is 5.75 Å². The Morgan fingerprint density at radius 3 is 2.96 bits per heavy atom. The van der Waals surface area contributed by atoms with Crippen molar-refractivity contribution in [2.75, 3.05) is 5.32 Å². The molecule has 0 bridgehead atoms. The summed E-state index contributed by atoms with van der Waals surface area (Å²) in [6, 6.07) is 13.6. The molecule has 0 unspecified atom stereocenters. The Hall–Kier alpha value is -2.89. The van der Waals surface area contributed by atoms with E-state index in [4.69, 9.17) is 16.3 Å². The number of para-hydroxylation sites is 1. The van der Waals surface area contributed by atoms with Crippen molar-refractivity contribution in [3.05, 3.63) is 93.2 Å². The number of aromatic nitrogens is 1. The van der Waals surface area contributed by atoms with Gasteiger partial charge in [0.05, 0.1) is 6.26 Å². The molecule has 2 heterocycles. The molecule has 140 valence electrons. The number of halogens is 1. The van der Waals surface area contributed by atoms with Crippen LogP contribution in [0.15, 0.2) is 66.6 Å². The van der Waals surface area contributed by atoms with Gasteiger partial charge in [0, 0.05) is 33.7 Å². The molecule has 6 heteroatoms. The zero-order chi connectivity index (χ0) is 19.5. The van der Waals surface area contributed by atoms with Crippen LogP contribution < -0.4 is 10.1 Å². The van der Waals surface area contributed by atoms with Crippen molar-refractivity contribution in [1.82, 2.24) is 4.98 Å². The Bertz CT molecular complexity index is 1100. The summed E-state index contributed by atoms with van der Waals surface area (Å²) in [5, 5.41) is 4.18. The number of thiazole rings is 1. The predicted molar refractivity (Wildman–Crippen MR) is 114 cm³/mol. The van der Waals surface area contributed by atoms with Crippen LogP contribution in [0.25, 0.3) is 6.08 Å². The van der Waals surface area contributed by atoms with Gasteiger partial charge in [0.25, 0.3) is 5.91 Å². The quantitative estimate of drug-likeness (QED) is 0.609. The van der Waals surface area contributed by atoms with Gasteiger partial charge in [-0.2, -0.15) is 0 Å². The number of aryl methyl sites for hydroxylation is 1. The fraction of sp³-hybridized carbons (Fsp3) is 0.0909. The molecule has 0 fully saturated rings. The van der Waals surface area contributed by atoms with Crippen LogP contribution >= 0.6 is 22.9 Å². The topological polar surface area (TPSA) is 51.2 Å². The molecule has 0 saturated heterocycles. The number of ether oxygens (including phenoxy) is 1. The fourth-order valence-corrected chi connectivity index (χ4v) is 3.85. The van der Waals surface area contributed by atoms with Crippen LogP contribution in [0.1, 0.15) is 21.6 Å². The lowest BCUT2D eigenvalue weighted by molar-refractivity contribution is -0.112. The maximum absolute atomic E-state index is 12.6. The van der Waals surface area contributed by atoms with E-state index in [1.807, 2.05) is 43.3 Å². The molecule has 0 aliphatic carbocycles. The summed E-state index contributed by atoms with van der Waals surface area (Å²) in [7, 11) is 0. The number of nitrogens with one attached hydrogen (secondary N) is 1. The van der Waals surface area contributed by atoms with Crippen LogP contribution in [0, 0.1) is 6.92 Å². The van der Waals surface area contributed by atoms with E-state index in [2.05, 4.69) is 16.4 Å². The highest BCUT2D eigenvalue weighted by atomic mass is 35.5. The van der Waals surface area contributed by atoms with E-state index in [0.717, 1.165) is 38.8 Å². The predicted octanol–water partition coefficient (Wildman–Crippen LogP) is 5.62. The summed E-state index contributed by atoms with van der Waals surface area (Å²) in [5.41, 5.74) is 3.53. The SMILES string of the molecule is Cc1ccc(Cc2cnc(NC(=O)C3=Cc4ccccc4OC=C3)s2)cc1Cl. The van der Waals surface area contributed by atoms with Crippen molar-refractivity contribution in [3.8, 4) is 5.75 Å². The number of rotatable bonds is 4. The summed E-state index contributed by atoms with van der Waals surface area (Å²) in [6.45, 7) is 1.98. The van der Waals surface area contributed by atoms with E-state index < -0.39 is 0 Å². The van der Waals surface area contributed by atoms with E-state index in [-0.39, 0.29) is 5.91 Å². The second-order valence-corrected chi connectivity index (χ2v) is 7.93. The van der Waals surface area contributed by atoms with E-state index >= 15 is 0 Å². The number of amides is 1. The van der Waals surface area contributed by atoms with Crippen LogP contribution in [0.2, 0.25) is 5.02 Å². The number of hydrogen-bond acceptors (Lipinski definition) is 4. The third-order valence-electron chi connectivity index (χ3n) is 4.32. The molecule has 1 aliphatic rings. The fourth-order valence-electron chi connectivity index (χ4n) is 2.81. The number of fused-ring (bicyclic) bond motifs is 1. The molecule has 1 aromatic heterocycles. The highest BCUT2D eigenvalue weighted by Gasteiger charge is 2.14. The summed E-state index contributed by atoms with van der Waals surface area (Å²) in [4.78, 5) is 18.0. The van der Waals surface area contributed by atoms with Crippen molar-refractivity contribution in [3.63, 3.8) is 0 Å². The molecule has 0 saturated carbocycles. The van der Waals surface area contributed by atoms with Crippen molar-refractivity contribution in [2.24, 2.45) is 0 Å². The van der Waals surface area contributed by atoms with Gasteiger partial charge in [-0.25, -0.2) is 4.98 Å². The summed E-state index contributed by atoms with van der Waals surface area (Å²) < 4.78 is 5.53. The minimum atomic E-state index is -0.226. The normalized spacial score (nSPS) is 12.6. The Balaban J connectivity index is 1.47. The summed E-state index contributed by atoms with van der Waals surface area (Å²) in [6.07, 6.45) is 7.47. The Morgan fingerprint density at radius 1 is 1.25 bits per heavy atom. The highest BCUT2D eigenvalue weighted by molar-refractivity contribution is 7.15. The summed E-state index contributed by atoms with van der Waals surface area (Å²) >= 11 is 7.65. The number of hydrogen-bond donors (Lipinski definition) is 1.